The van der Waals surface area contributed by atoms with Crippen molar-refractivity contribution in [1.29, 1.82) is 0 Å². The van der Waals surface area contributed by atoms with Crippen LogP contribution in [0.4, 0.5) is 0 Å². The van der Waals surface area contributed by atoms with Crippen LogP contribution in [0.3, 0.4) is 0 Å². The Labute approximate surface area is 219 Å². The highest BCUT2D eigenvalue weighted by Crippen LogP contribution is 2.33. The minimum atomic E-state index is -0.132. The van der Waals surface area contributed by atoms with Gasteiger partial charge in [-0.15, -0.1) is 0 Å². The van der Waals surface area contributed by atoms with Gasteiger partial charge in [0.05, 0.1) is 18.3 Å². The van der Waals surface area contributed by atoms with Crippen LogP contribution < -0.4 is 14.2 Å². The first-order chi connectivity index (χ1) is 17.4. The maximum Gasteiger partial charge on any atom is 0.193 e. The predicted octanol–water partition coefficient (Wildman–Crippen LogP) is 8.85. The monoisotopic (exact) mass is 494 g/mol. The number of benzene rings is 2. The van der Waals surface area contributed by atoms with Gasteiger partial charge in [0.2, 0.25) is 0 Å². The number of rotatable bonds is 16. The molecule has 0 saturated carbocycles. The van der Waals surface area contributed by atoms with Crippen LogP contribution in [0.15, 0.2) is 42.5 Å². The number of hydrogen-bond donors (Lipinski definition) is 0. The molecule has 0 atom stereocenters. The van der Waals surface area contributed by atoms with E-state index >= 15 is 0 Å². The molecule has 0 radical (unpaired) electrons. The minimum Gasteiger partial charge on any atom is -0.490 e. The summed E-state index contributed by atoms with van der Waals surface area (Å²) >= 11 is 0. The van der Waals surface area contributed by atoms with Crippen LogP contribution in [-0.4, -0.2) is 24.1 Å². The second-order valence-electron chi connectivity index (χ2n) is 9.22. The molecule has 4 nitrogen and oxygen atoms in total. The molecule has 0 aliphatic heterocycles. The minimum absolute atomic E-state index is 0.0465. The van der Waals surface area contributed by atoms with Gasteiger partial charge in [0.1, 0.15) is 22.8 Å². The van der Waals surface area contributed by atoms with Crippen LogP contribution >= 0.6 is 0 Å². The van der Waals surface area contributed by atoms with E-state index in [1.807, 2.05) is 30.3 Å². The first-order valence-electron chi connectivity index (χ1n) is 13.9. The van der Waals surface area contributed by atoms with Crippen molar-refractivity contribution in [2.24, 2.45) is 0 Å². The summed E-state index contributed by atoms with van der Waals surface area (Å²) in [5, 5.41) is 0. The summed E-state index contributed by atoms with van der Waals surface area (Å²) in [6.07, 6.45) is 10.0. The van der Waals surface area contributed by atoms with Crippen molar-refractivity contribution in [1.82, 2.24) is 0 Å². The van der Waals surface area contributed by atoms with Crippen LogP contribution in [0, 0.1) is 0 Å². The van der Waals surface area contributed by atoms with Gasteiger partial charge in [-0.2, -0.15) is 0 Å². The molecule has 2 aromatic rings. The number of allylic oxidation sites excluding steroid dienone is 1. The Kier molecular flexibility index (Phi) is 12.6. The maximum absolute atomic E-state index is 13.7. The van der Waals surface area contributed by atoms with E-state index in [2.05, 4.69) is 60.6 Å². The molecular weight excluding hydrogens is 448 g/mol. The van der Waals surface area contributed by atoms with Crippen molar-refractivity contribution in [2.75, 3.05) is 0 Å². The summed E-state index contributed by atoms with van der Waals surface area (Å²) in [4.78, 5) is 13.7. The van der Waals surface area contributed by atoms with E-state index in [1.54, 1.807) is 6.08 Å². The molecule has 4 heteroatoms. The van der Waals surface area contributed by atoms with Gasteiger partial charge in [0.15, 0.2) is 5.78 Å². The summed E-state index contributed by atoms with van der Waals surface area (Å²) in [5.41, 5.74) is 2.60. The lowest BCUT2D eigenvalue weighted by molar-refractivity contribution is 0.102. The van der Waals surface area contributed by atoms with E-state index in [1.165, 1.54) is 5.56 Å². The van der Waals surface area contributed by atoms with Crippen molar-refractivity contribution in [3.05, 3.63) is 59.2 Å². The number of aryl methyl sites for hydroxylation is 1. The predicted molar refractivity (Wildman–Crippen MR) is 151 cm³/mol. The van der Waals surface area contributed by atoms with Gasteiger partial charge in [-0.05, 0) is 86.9 Å². The molecule has 198 valence electrons. The molecule has 0 aliphatic rings. The van der Waals surface area contributed by atoms with Gasteiger partial charge in [0, 0.05) is 5.56 Å². The number of ether oxygens (including phenoxy) is 3. The van der Waals surface area contributed by atoms with Crippen LogP contribution in [-0.2, 0) is 6.42 Å². The fourth-order valence-corrected chi connectivity index (χ4v) is 4.16. The Balaban J connectivity index is 2.50. The number of carbonyl (C=O) groups is 1. The number of hydrogen-bond acceptors (Lipinski definition) is 4. The largest absolute Gasteiger partial charge is 0.490 e. The molecule has 0 aromatic heterocycles. The first kappa shape index (κ1) is 29.5. The molecule has 2 aromatic carbocycles. The zero-order chi connectivity index (χ0) is 26.5. The zero-order valence-corrected chi connectivity index (χ0v) is 23.4. The summed E-state index contributed by atoms with van der Waals surface area (Å²) in [7, 11) is 0. The smallest absolute Gasteiger partial charge is 0.193 e. The summed E-state index contributed by atoms with van der Waals surface area (Å²) in [5.74, 6) is 1.84. The lowest BCUT2D eigenvalue weighted by Gasteiger charge is -2.22. The van der Waals surface area contributed by atoms with Crippen molar-refractivity contribution < 1.29 is 19.0 Å². The third kappa shape index (κ3) is 8.15. The van der Waals surface area contributed by atoms with Gasteiger partial charge in [-0.1, -0.05) is 60.6 Å². The Bertz CT molecular complexity index is 934. The van der Waals surface area contributed by atoms with Gasteiger partial charge < -0.3 is 14.2 Å². The van der Waals surface area contributed by atoms with E-state index in [0.29, 0.717) is 17.1 Å². The second kappa shape index (κ2) is 15.4. The van der Waals surface area contributed by atoms with Gasteiger partial charge >= 0.3 is 0 Å². The SMILES string of the molecule is CCc1ccc(OC(CC)CC)c(C=CC(=O)c2c(OC(CC)CC)cccc2OC(CC)CC)c1. The number of ketones is 1. The molecule has 0 spiro atoms. The standard InChI is InChI=1S/C32H46O4/c1-8-23-18-21-29(34-25(9-2)10-3)24(22-23)19-20-28(33)32-30(35-26(11-4)12-5)16-15-17-31(32)36-27(13-6)14-7/h15-22,25-27H,8-14H2,1-7H3. The Hall–Kier alpha value is -2.75. The molecule has 0 saturated heterocycles. The van der Waals surface area contributed by atoms with E-state index in [9.17, 15) is 4.79 Å². The third-order valence-corrected chi connectivity index (χ3v) is 6.74. The van der Waals surface area contributed by atoms with E-state index < -0.39 is 0 Å². The summed E-state index contributed by atoms with van der Waals surface area (Å²) in [6.45, 7) is 14.8. The highest BCUT2D eigenvalue weighted by atomic mass is 16.5. The maximum atomic E-state index is 13.7. The quantitative estimate of drug-likeness (QED) is 0.173. The molecule has 0 amide bonds. The zero-order valence-electron chi connectivity index (χ0n) is 23.4. The van der Waals surface area contributed by atoms with Gasteiger partial charge in [-0.25, -0.2) is 0 Å². The van der Waals surface area contributed by atoms with Crippen LogP contribution in [0.5, 0.6) is 17.2 Å². The van der Waals surface area contributed by atoms with Crippen LogP contribution in [0.2, 0.25) is 0 Å². The molecular formula is C32H46O4. The topological polar surface area (TPSA) is 44.8 Å². The van der Waals surface area contributed by atoms with Crippen LogP contribution in [0.1, 0.15) is 108 Å². The fourth-order valence-electron chi connectivity index (χ4n) is 4.16. The highest BCUT2D eigenvalue weighted by Gasteiger charge is 2.21. The molecule has 0 N–H and O–H groups in total. The Morgan fingerprint density at radius 1 is 0.694 bits per heavy atom. The lowest BCUT2D eigenvalue weighted by atomic mass is 10.0. The molecule has 0 aliphatic carbocycles. The lowest BCUT2D eigenvalue weighted by Crippen LogP contribution is -2.18. The van der Waals surface area contributed by atoms with E-state index in [4.69, 9.17) is 14.2 Å². The Morgan fingerprint density at radius 2 is 1.17 bits per heavy atom. The second-order valence-corrected chi connectivity index (χ2v) is 9.22. The van der Waals surface area contributed by atoms with Crippen molar-refractivity contribution in [3.63, 3.8) is 0 Å². The van der Waals surface area contributed by atoms with Crippen molar-refractivity contribution >= 4 is 11.9 Å². The fraction of sp³-hybridized carbons (Fsp3) is 0.531. The van der Waals surface area contributed by atoms with E-state index in [-0.39, 0.29) is 24.1 Å². The average molecular weight is 495 g/mol. The Morgan fingerprint density at radius 3 is 1.61 bits per heavy atom. The van der Waals surface area contributed by atoms with Crippen LogP contribution in [0.25, 0.3) is 6.08 Å². The normalized spacial score (nSPS) is 11.6. The molecule has 36 heavy (non-hydrogen) atoms. The first-order valence-corrected chi connectivity index (χ1v) is 13.9. The summed E-state index contributed by atoms with van der Waals surface area (Å²) < 4.78 is 18.9. The number of carbonyl (C=O) groups excluding carboxylic acids is 1. The highest BCUT2D eigenvalue weighted by molar-refractivity contribution is 6.10. The molecule has 0 unspecified atom stereocenters. The molecule has 2 rings (SSSR count). The van der Waals surface area contributed by atoms with Gasteiger partial charge in [0.25, 0.3) is 0 Å². The molecule has 0 heterocycles. The third-order valence-electron chi connectivity index (χ3n) is 6.74. The van der Waals surface area contributed by atoms with Crippen molar-refractivity contribution in [3.8, 4) is 17.2 Å². The molecule has 0 bridgehead atoms. The summed E-state index contributed by atoms with van der Waals surface area (Å²) in [6, 6.07) is 11.9. The molecule has 0 fully saturated rings. The van der Waals surface area contributed by atoms with Crippen molar-refractivity contribution in [2.45, 2.75) is 112 Å². The average Bonchev–Trinajstić information content (AvgIpc) is 2.92. The van der Waals surface area contributed by atoms with E-state index in [0.717, 1.165) is 56.3 Å². The van der Waals surface area contributed by atoms with Gasteiger partial charge in [-0.3, -0.25) is 4.79 Å².